The van der Waals surface area contributed by atoms with Crippen LogP contribution in [0.15, 0.2) is 65.1 Å². The van der Waals surface area contributed by atoms with Crippen molar-refractivity contribution in [2.45, 2.75) is 26.1 Å². The summed E-state index contributed by atoms with van der Waals surface area (Å²) in [5, 5.41) is 0. The predicted octanol–water partition coefficient (Wildman–Crippen LogP) is 4.10. The Morgan fingerprint density at radius 1 is 0.561 bits per heavy atom. The van der Waals surface area contributed by atoms with Crippen molar-refractivity contribution in [2.75, 3.05) is 78.8 Å². The average Bonchev–Trinajstić information content (AvgIpc) is 3.53. The summed E-state index contributed by atoms with van der Waals surface area (Å²) < 4.78 is 17.0. The Balaban J connectivity index is 0.978. The predicted molar refractivity (Wildman–Crippen MR) is 159 cm³/mol. The Morgan fingerprint density at radius 3 is 1.39 bits per heavy atom. The fourth-order valence-corrected chi connectivity index (χ4v) is 4.99. The van der Waals surface area contributed by atoms with Crippen molar-refractivity contribution in [1.82, 2.24) is 20.8 Å². The van der Waals surface area contributed by atoms with E-state index in [9.17, 15) is 0 Å². The van der Waals surface area contributed by atoms with E-state index in [1.165, 1.54) is 0 Å². The van der Waals surface area contributed by atoms with E-state index in [0.29, 0.717) is 13.2 Å². The number of hydrogen-bond donors (Lipinski definition) is 2. The van der Waals surface area contributed by atoms with Crippen LogP contribution in [0.1, 0.15) is 24.0 Å². The van der Waals surface area contributed by atoms with Gasteiger partial charge in [-0.2, -0.15) is 0 Å². The van der Waals surface area contributed by atoms with E-state index in [4.69, 9.17) is 23.6 Å². The van der Waals surface area contributed by atoms with Gasteiger partial charge in [0, 0.05) is 50.4 Å². The molecule has 9 nitrogen and oxygen atoms in total. The van der Waals surface area contributed by atoms with E-state index in [-0.39, 0.29) is 0 Å². The highest BCUT2D eigenvalue weighted by atomic mass is 16.6. The van der Waals surface area contributed by atoms with Crippen molar-refractivity contribution in [3.8, 4) is 22.6 Å². The molecule has 2 aliphatic heterocycles. The molecule has 222 valence electrons. The van der Waals surface area contributed by atoms with Crippen LogP contribution in [0.3, 0.4) is 0 Å². The van der Waals surface area contributed by atoms with Crippen LogP contribution in [0.5, 0.6) is 0 Å². The quantitative estimate of drug-likeness (QED) is 0.197. The smallest absolute Gasteiger partial charge is 0.134 e. The zero-order chi connectivity index (χ0) is 28.0. The maximum Gasteiger partial charge on any atom is 0.134 e. The second kappa shape index (κ2) is 16.7. The van der Waals surface area contributed by atoms with Gasteiger partial charge in [-0.1, -0.05) is 48.5 Å². The van der Waals surface area contributed by atoms with Crippen LogP contribution in [0, 0.1) is 0 Å². The summed E-state index contributed by atoms with van der Waals surface area (Å²) in [7, 11) is 0. The molecule has 2 N–H and O–H groups in total. The molecule has 1 aromatic heterocycles. The molecule has 0 amide bonds. The molecule has 2 fully saturated rings. The highest BCUT2D eigenvalue weighted by molar-refractivity contribution is 5.65. The molecule has 3 heterocycles. The Bertz CT molecular complexity index is 1040. The largest absolute Gasteiger partial charge is 0.456 e. The van der Waals surface area contributed by atoms with E-state index in [0.717, 1.165) is 125 Å². The highest BCUT2D eigenvalue weighted by Crippen LogP contribution is 2.29. The van der Waals surface area contributed by atoms with Gasteiger partial charge in [-0.25, -0.2) is 11.0 Å². The third kappa shape index (κ3) is 10.0. The number of benzene rings is 2. The summed E-state index contributed by atoms with van der Waals surface area (Å²) in [4.78, 5) is 16.2. The van der Waals surface area contributed by atoms with E-state index >= 15 is 0 Å². The van der Waals surface area contributed by atoms with Crippen LogP contribution in [0.2, 0.25) is 0 Å². The second-order valence-corrected chi connectivity index (χ2v) is 10.5. The van der Waals surface area contributed by atoms with Crippen LogP contribution < -0.4 is 11.0 Å². The molecule has 0 spiro atoms. The van der Waals surface area contributed by atoms with Crippen molar-refractivity contribution in [2.24, 2.45) is 0 Å². The number of hydroxylamine groups is 2. The van der Waals surface area contributed by atoms with Gasteiger partial charge in [0.15, 0.2) is 0 Å². The molecule has 41 heavy (non-hydrogen) atoms. The summed E-state index contributed by atoms with van der Waals surface area (Å²) in [6.45, 7) is 12.4. The SMILES string of the molecule is c1cc(-c2ccc(-c3ccc(CONCCCN4CCOCC4)cc3)o2)ccc1CONCCCN1CCOCC1. The number of rotatable bonds is 16. The normalized spacial score (nSPS) is 16.8. The number of furan rings is 1. The summed E-state index contributed by atoms with van der Waals surface area (Å²) in [6.07, 6.45) is 2.12. The topological polar surface area (TPSA) is 80.6 Å². The number of ether oxygens (including phenoxy) is 2. The van der Waals surface area contributed by atoms with Crippen LogP contribution >= 0.6 is 0 Å². The van der Waals surface area contributed by atoms with Gasteiger partial charge in [0.25, 0.3) is 0 Å². The van der Waals surface area contributed by atoms with E-state index in [1.54, 1.807) is 0 Å². The van der Waals surface area contributed by atoms with Gasteiger partial charge in [-0.3, -0.25) is 19.5 Å². The molecule has 0 saturated carbocycles. The van der Waals surface area contributed by atoms with Gasteiger partial charge < -0.3 is 13.9 Å². The molecule has 9 heteroatoms. The van der Waals surface area contributed by atoms with Gasteiger partial charge in [-0.15, -0.1) is 0 Å². The lowest BCUT2D eigenvalue weighted by atomic mass is 10.1. The average molecular weight is 565 g/mol. The zero-order valence-corrected chi connectivity index (χ0v) is 24.0. The summed E-state index contributed by atoms with van der Waals surface area (Å²) in [5.74, 6) is 1.70. The van der Waals surface area contributed by atoms with Crippen LogP contribution in [0.25, 0.3) is 22.6 Å². The standard InChI is InChI=1S/C32H44N4O5/c1(15-35-17-21-37-22-18-35)13-33-39-25-27-3-7-29(8-4-27)31-11-12-32(41-31)30-9-5-28(6-10-30)26-40-34-14-2-16-36-19-23-38-24-20-36/h3-12,33-34H,1-2,13-26H2. The Labute approximate surface area is 243 Å². The lowest BCUT2D eigenvalue weighted by Gasteiger charge is -2.26. The van der Waals surface area contributed by atoms with Gasteiger partial charge in [0.1, 0.15) is 11.5 Å². The van der Waals surface area contributed by atoms with E-state index < -0.39 is 0 Å². The summed E-state index contributed by atoms with van der Waals surface area (Å²) in [5.41, 5.74) is 10.5. The van der Waals surface area contributed by atoms with E-state index in [2.05, 4.69) is 69.3 Å². The minimum absolute atomic E-state index is 0.529. The summed E-state index contributed by atoms with van der Waals surface area (Å²) >= 11 is 0. The van der Waals surface area contributed by atoms with Crippen molar-refractivity contribution < 1.29 is 23.6 Å². The second-order valence-electron chi connectivity index (χ2n) is 10.5. The molecule has 2 aromatic carbocycles. The van der Waals surface area contributed by atoms with Gasteiger partial charge >= 0.3 is 0 Å². The molecule has 0 unspecified atom stereocenters. The zero-order valence-electron chi connectivity index (χ0n) is 24.0. The Kier molecular flexibility index (Phi) is 12.2. The molecular formula is C32H44N4O5. The minimum Gasteiger partial charge on any atom is -0.456 e. The monoisotopic (exact) mass is 564 g/mol. The maximum absolute atomic E-state index is 6.18. The number of hydrogen-bond acceptors (Lipinski definition) is 9. The number of nitrogens with one attached hydrogen (secondary N) is 2. The molecule has 0 bridgehead atoms. The lowest BCUT2D eigenvalue weighted by Crippen LogP contribution is -2.37. The highest BCUT2D eigenvalue weighted by Gasteiger charge is 2.11. The van der Waals surface area contributed by atoms with Crippen molar-refractivity contribution in [3.05, 3.63) is 71.8 Å². The van der Waals surface area contributed by atoms with Crippen molar-refractivity contribution in [3.63, 3.8) is 0 Å². The first-order valence-corrected chi connectivity index (χ1v) is 14.9. The minimum atomic E-state index is 0.529. The Morgan fingerprint density at radius 2 is 0.976 bits per heavy atom. The third-order valence-electron chi connectivity index (χ3n) is 7.48. The lowest BCUT2D eigenvalue weighted by molar-refractivity contribution is 0.0179. The van der Waals surface area contributed by atoms with Crippen molar-refractivity contribution >= 4 is 0 Å². The molecule has 0 atom stereocenters. The van der Waals surface area contributed by atoms with Gasteiger partial charge in [0.2, 0.25) is 0 Å². The van der Waals surface area contributed by atoms with Gasteiger partial charge in [-0.05, 0) is 49.2 Å². The van der Waals surface area contributed by atoms with Crippen LogP contribution in [-0.2, 0) is 32.4 Å². The number of morpholine rings is 2. The molecule has 5 rings (SSSR count). The molecule has 3 aromatic rings. The molecule has 0 radical (unpaired) electrons. The van der Waals surface area contributed by atoms with Crippen LogP contribution in [0.4, 0.5) is 0 Å². The Hall–Kier alpha value is -2.60. The first-order valence-electron chi connectivity index (χ1n) is 14.9. The van der Waals surface area contributed by atoms with Gasteiger partial charge in [0.05, 0.1) is 39.6 Å². The van der Waals surface area contributed by atoms with Crippen molar-refractivity contribution in [1.29, 1.82) is 0 Å². The van der Waals surface area contributed by atoms with E-state index in [1.807, 2.05) is 12.1 Å². The molecule has 0 aliphatic carbocycles. The summed E-state index contributed by atoms with van der Waals surface area (Å²) in [6, 6.07) is 20.7. The first-order chi connectivity index (χ1) is 20.3. The molecular weight excluding hydrogens is 520 g/mol. The molecule has 2 saturated heterocycles. The first kappa shape index (κ1) is 29.9. The fourth-order valence-electron chi connectivity index (χ4n) is 4.99. The molecule has 2 aliphatic rings. The third-order valence-corrected chi connectivity index (χ3v) is 7.48. The maximum atomic E-state index is 6.18. The van der Waals surface area contributed by atoms with Crippen LogP contribution in [-0.4, -0.2) is 88.6 Å². The fraction of sp³-hybridized carbons (Fsp3) is 0.500. The number of nitrogens with zero attached hydrogens (tertiary/aromatic N) is 2.